The van der Waals surface area contributed by atoms with E-state index in [0.717, 1.165) is 0 Å². The summed E-state index contributed by atoms with van der Waals surface area (Å²) < 4.78 is 41.1. The van der Waals surface area contributed by atoms with Crippen molar-refractivity contribution in [3.05, 3.63) is 29.0 Å². The molecule has 0 aliphatic carbocycles. The van der Waals surface area contributed by atoms with Crippen LogP contribution in [-0.2, 0) is 6.42 Å². The lowest BCUT2D eigenvalue weighted by Crippen LogP contribution is -2.09. The average Bonchev–Trinajstić information content (AvgIpc) is 2.77. The maximum atomic E-state index is 12.1. The van der Waals surface area contributed by atoms with E-state index in [1.807, 2.05) is 0 Å². The summed E-state index contributed by atoms with van der Waals surface area (Å²) >= 11 is 5.80. The maximum absolute atomic E-state index is 12.1. The number of nitrogen functional groups attached to an aromatic ring is 1. The average molecular weight is 292 g/mol. The largest absolute Gasteiger partial charge is 0.398 e. The number of nitrogens with zero attached hydrogens (tertiary/aromatic N) is 2. The summed E-state index contributed by atoms with van der Waals surface area (Å²) in [4.78, 5) is 3.87. The number of halogens is 4. The Hall–Kier alpha value is -1.76. The Balaban J connectivity index is 2.19. The van der Waals surface area contributed by atoms with Crippen LogP contribution in [0.4, 0.5) is 18.9 Å². The number of nitrogens with two attached hydrogens (primary N) is 1. The molecule has 1 heterocycles. The molecule has 0 unspecified atom stereocenters. The summed E-state index contributed by atoms with van der Waals surface area (Å²) in [5.41, 5.74) is 6.47. The molecule has 0 spiro atoms. The van der Waals surface area contributed by atoms with Gasteiger partial charge < -0.3 is 10.3 Å². The molecule has 19 heavy (non-hydrogen) atoms. The highest BCUT2D eigenvalue weighted by molar-refractivity contribution is 6.31. The van der Waals surface area contributed by atoms with Gasteiger partial charge in [-0.15, -0.1) is 0 Å². The number of hydrogen-bond acceptors (Lipinski definition) is 4. The first-order valence-electron chi connectivity index (χ1n) is 5.30. The molecule has 0 saturated heterocycles. The highest BCUT2D eigenvalue weighted by Gasteiger charge is 2.27. The van der Waals surface area contributed by atoms with Crippen molar-refractivity contribution in [2.75, 3.05) is 5.73 Å². The van der Waals surface area contributed by atoms with E-state index in [4.69, 9.17) is 21.9 Å². The van der Waals surface area contributed by atoms with Gasteiger partial charge in [0.25, 0.3) is 5.89 Å². The van der Waals surface area contributed by atoms with Crippen LogP contribution >= 0.6 is 11.6 Å². The minimum atomic E-state index is -4.25. The number of benzene rings is 1. The molecule has 0 bridgehead atoms. The quantitative estimate of drug-likeness (QED) is 0.880. The van der Waals surface area contributed by atoms with Gasteiger partial charge in [0, 0.05) is 17.1 Å². The second-order valence-corrected chi connectivity index (χ2v) is 4.30. The summed E-state index contributed by atoms with van der Waals surface area (Å²) in [6.07, 6.45) is -5.60. The van der Waals surface area contributed by atoms with Crippen LogP contribution in [0.1, 0.15) is 12.2 Å². The molecular formula is C11H9ClF3N3O. The van der Waals surface area contributed by atoms with Crippen LogP contribution in [0, 0.1) is 0 Å². The molecule has 8 heteroatoms. The fraction of sp³-hybridized carbons (Fsp3) is 0.273. The molecule has 2 N–H and O–H groups in total. The highest BCUT2D eigenvalue weighted by Crippen LogP contribution is 2.28. The van der Waals surface area contributed by atoms with Crippen LogP contribution < -0.4 is 5.73 Å². The minimum Gasteiger partial charge on any atom is -0.398 e. The fourth-order valence-corrected chi connectivity index (χ4v) is 1.60. The molecule has 0 aliphatic heterocycles. The topological polar surface area (TPSA) is 64.9 Å². The van der Waals surface area contributed by atoms with Crippen LogP contribution in [0.5, 0.6) is 0 Å². The smallest absolute Gasteiger partial charge is 0.389 e. The lowest BCUT2D eigenvalue weighted by molar-refractivity contribution is -0.134. The Bertz CT molecular complexity index is 583. The van der Waals surface area contributed by atoms with Crippen molar-refractivity contribution >= 4 is 17.3 Å². The molecule has 2 aromatic rings. The van der Waals surface area contributed by atoms with E-state index in [2.05, 4.69) is 10.1 Å². The molecule has 0 aliphatic rings. The van der Waals surface area contributed by atoms with Crippen molar-refractivity contribution in [2.45, 2.75) is 19.0 Å². The monoisotopic (exact) mass is 291 g/mol. The molecular weight excluding hydrogens is 283 g/mol. The Morgan fingerprint density at radius 1 is 1.32 bits per heavy atom. The molecule has 0 amide bonds. The fourth-order valence-electron chi connectivity index (χ4n) is 1.43. The van der Waals surface area contributed by atoms with Crippen molar-refractivity contribution in [2.24, 2.45) is 0 Å². The van der Waals surface area contributed by atoms with Gasteiger partial charge in [-0.3, -0.25) is 0 Å². The van der Waals surface area contributed by atoms with Crippen molar-refractivity contribution in [3.8, 4) is 11.5 Å². The first-order chi connectivity index (χ1) is 8.85. The second kappa shape index (κ2) is 5.08. The third-order valence-corrected chi connectivity index (χ3v) is 2.58. The van der Waals surface area contributed by atoms with Gasteiger partial charge in [-0.2, -0.15) is 18.2 Å². The van der Waals surface area contributed by atoms with Crippen molar-refractivity contribution in [1.29, 1.82) is 0 Å². The maximum Gasteiger partial charge on any atom is 0.389 e. The van der Waals surface area contributed by atoms with Gasteiger partial charge in [-0.25, -0.2) is 0 Å². The van der Waals surface area contributed by atoms with E-state index < -0.39 is 12.6 Å². The lowest BCUT2D eigenvalue weighted by Gasteiger charge is -2.02. The molecule has 1 aromatic heterocycles. The summed E-state index contributed by atoms with van der Waals surface area (Å²) in [5.74, 6) is 0.0314. The summed E-state index contributed by atoms with van der Waals surface area (Å²) in [6, 6.07) is 4.65. The third-order valence-electron chi connectivity index (χ3n) is 2.35. The molecule has 4 nitrogen and oxygen atoms in total. The van der Waals surface area contributed by atoms with E-state index in [0.29, 0.717) is 16.3 Å². The van der Waals surface area contributed by atoms with Crippen LogP contribution in [0.25, 0.3) is 11.5 Å². The van der Waals surface area contributed by atoms with Crippen LogP contribution in [-0.4, -0.2) is 16.3 Å². The number of hydrogen-bond donors (Lipinski definition) is 1. The van der Waals surface area contributed by atoms with E-state index >= 15 is 0 Å². The van der Waals surface area contributed by atoms with Gasteiger partial charge in [0.2, 0.25) is 0 Å². The summed E-state index contributed by atoms with van der Waals surface area (Å²) in [7, 11) is 0. The standard InChI is InChI=1S/C11H9ClF3N3O/c12-6-1-2-8(16)7(5-6)10-17-9(18-19-10)3-4-11(13,14)15/h1-2,5H,3-4,16H2. The van der Waals surface area contributed by atoms with Gasteiger partial charge >= 0.3 is 6.18 Å². The van der Waals surface area contributed by atoms with E-state index in [1.54, 1.807) is 12.1 Å². The SMILES string of the molecule is Nc1ccc(Cl)cc1-c1nc(CCC(F)(F)F)no1. The van der Waals surface area contributed by atoms with Gasteiger partial charge in [0.05, 0.1) is 12.0 Å². The van der Waals surface area contributed by atoms with E-state index in [1.165, 1.54) is 6.07 Å². The lowest BCUT2D eigenvalue weighted by atomic mass is 10.2. The normalized spacial score (nSPS) is 11.8. The van der Waals surface area contributed by atoms with Crippen LogP contribution in [0.15, 0.2) is 22.7 Å². The molecule has 1 aromatic carbocycles. The van der Waals surface area contributed by atoms with Crippen LogP contribution in [0.2, 0.25) is 5.02 Å². The molecule has 0 radical (unpaired) electrons. The van der Waals surface area contributed by atoms with Gasteiger partial charge in [-0.1, -0.05) is 16.8 Å². The predicted molar refractivity (Wildman–Crippen MR) is 63.5 cm³/mol. The zero-order chi connectivity index (χ0) is 14.0. The number of rotatable bonds is 3. The van der Waals surface area contributed by atoms with Crippen molar-refractivity contribution in [1.82, 2.24) is 10.1 Å². The zero-order valence-electron chi connectivity index (χ0n) is 9.54. The first-order valence-corrected chi connectivity index (χ1v) is 5.68. The highest BCUT2D eigenvalue weighted by atomic mass is 35.5. The Morgan fingerprint density at radius 3 is 2.74 bits per heavy atom. The molecule has 2 rings (SSSR count). The van der Waals surface area contributed by atoms with E-state index in [-0.39, 0.29) is 18.1 Å². The van der Waals surface area contributed by atoms with Crippen molar-refractivity contribution in [3.63, 3.8) is 0 Å². The van der Waals surface area contributed by atoms with E-state index in [9.17, 15) is 13.2 Å². The van der Waals surface area contributed by atoms with Crippen LogP contribution in [0.3, 0.4) is 0 Å². The molecule has 0 saturated carbocycles. The predicted octanol–water partition coefficient (Wildman–Crippen LogP) is 3.47. The number of anilines is 1. The minimum absolute atomic E-state index is 0.0216. The number of aryl methyl sites for hydroxylation is 1. The first kappa shape index (κ1) is 13.7. The molecule has 0 atom stereocenters. The second-order valence-electron chi connectivity index (χ2n) is 3.86. The van der Waals surface area contributed by atoms with Gasteiger partial charge in [0.15, 0.2) is 5.82 Å². The Morgan fingerprint density at radius 2 is 2.05 bits per heavy atom. The third kappa shape index (κ3) is 3.60. The zero-order valence-corrected chi connectivity index (χ0v) is 10.3. The van der Waals surface area contributed by atoms with Crippen molar-refractivity contribution < 1.29 is 17.7 Å². The molecule has 0 fully saturated rings. The summed E-state index contributed by atoms with van der Waals surface area (Å²) in [6.45, 7) is 0. The van der Waals surface area contributed by atoms with Gasteiger partial charge in [0.1, 0.15) is 0 Å². The Kier molecular flexibility index (Phi) is 3.66. The number of alkyl halides is 3. The summed E-state index contributed by atoms with van der Waals surface area (Å²) in [5, 5.41) is 3.90. The van der Waals surface area contributed by atoms with Gasteiger partial charge in [-0.05, 0) is 18.2 Å². The Labute approximate surface area is 111 Å². The number of aromatic nitrogens is 2. The molecule has 102 valence electrons.